The van der Waals surface area contributed by atoms with Crippen LogP contribution in [0.15, 0.2) is 18.2 Å². The number of aliphatic carboxylic acids is 1. The number of carboxylic acids is 1. The van der Waals surface area contributed by atoms with Crippen molar-refractivity contribution in [2.45, 2.75) is 209 Å². The van der Waals surface area contributed by atoms with E-state index in [1.165, 1.54) is 39.2 Å². The van der Waals surface area contributed by atoms with E-state index in [4.69, 9.17) is 25.1 Å². The molecule has 14 atom stereocenters. The summed E-state index contributed by atoms with van der Waals surface area (Å²) in [7, 11) is 1.26. The molecule has 17 N–H and O–H groups in total. The fourth-order valence-corrected chi connectivity index (χ4v) is 13.3. The Kier molecular flexibility index (Phi) is 25.7. The van der Waals surface area contributed by atoms with Crippen LogP contribution >= 0.6 is 0 Å². The zero-order valence-corrected chi connectivity index (χ0v) is 54.0. The summed E-state index contributed by atoms with van der Waals surface area (Å²) in [6.07, 6.45) is -7.30. The number of fused-ring (bicyclic) bond motifs is 3. The molecular formula is C64H88N8O24. The summed E-state index contributed by atoms with van der Waals surface area (Å²) in [5.74, 6) is -13.9. The van der Waals surface area contributed by atoms with E-state index in [-0.39, 0.29) is 79.0 Å². The number of phenols is 2. The summed E-state index contributed by atoms with van der Waals surface area (Å²) in [5.41, 5.74) is 0.696. The number of aliphatic hydroxyl groups excluding tert-OH is 5. The predicted molar refractivity (Wildman–Crippen MR) is 331 cm³/mol. The highest BCUT2D eigenvalue weighted by Crippen LogP contribution is 2.53. The molecule has 0 radical (unpaired) electrons. The maximum atomic E-state index is 14.4. The molecule has 2 heterocycles. The maximum Gasteiger partial charge on any atom is 0.303 e. The molecule has 528 valence electrons. The van der Waals surface area contributed by atoms with Gasteiger partial charge in [0.1, 0.15) is 59.7 Å². The smallest absolute Gasteiger partial charge is 0.303 e. The van der Waals surface area contributed by atoms with E-state index >= 15 is 0 Å². The van der Waals surface area contributed by atoms with E-state index in [9.17, 15) is 98.4 Å². The first kappa shape index (κ1) is 75.3. The molecule has 7 rings (SSSR count). The maximum absolute atomic E-state index is 14.4. The Morgan fingerprint density at radius 1 is 0.760 bits per heavy atom. The summed E-state index contributed by atoms with van der Waals surface area (Å²) in [4.78, 5) is 163. The molecule has 1 saturated carbocycles. The predicted octanol–water partition coefficient (Wildman–Crippen LogP) is -2.89. The van der Waals surface area contributed by atoms with Crippen molar-refractivity contribution in [3.05, 3.63) is 51.6 Å². The summed E-state index contributed by atoms with van der Waals surface area (Å²) < 4.78 is 17.8. The second-order valence-corrected chi connectivity index (χ2v) is 25.7. The third-order valence-electron chi connectivity index (χ3n) is 18.3. The number of amides is 7. The molecule has 0 aromatic heterocycles. The second kappa shape index (κ2) is 32.8. The van der Waals surface area contributed by atoms with Gasteiger partial charge in [-0.2, -0.15) is 0 Å². The molecule has 2 aromatic carbocycles. The quantitative estimate of drug-likeness (QED) is 0.0288. The molecule has 0 spiro atoms. The lowest BCUT2D eigenvalue weighted by Crippen LogP contribution is -2.62. The van der Waals surface area contributed by atoms with Crippen molar-refractivity contribution in [1.82, 2.24) is 36.8 Å². The Balaban J connectivity index is 1.05. The van der Waals surface area contributed by atoms with Gasteiger partial charge in [0.2, 0.25) is 47.1 Å². The number of benzene rings is 2. The van der Waals surface area contributed by atoms with Crippen LogP contribution in [-0.4, -0.2) is 233 Å². The normalized spacial score (nSPS) is 24.3. The van der Waals surface area contributed by atoms with Crippen LogP contribution in [0.3, 0.4) is 0 Å². The zero-order valence-electron chi connectivity index (χ0n) is 54.0. The third-order valence-corrected chi connectivity index (χ3v) is 18.3. The molecule has 2 unspecified atom stereocenters. The number of Topliss-reactive ketones (excluding diaryl/α,β-unsaturated/α-hetero) is 2. The van der Waals surface area contributed by atoms with Gasteiger partial charge in [-0.1, -0.05) is 45.2 Å². The van der Waals surface area contributed by atoms with Crippen molar-refractivity contribution in [2.75, 3.05) is 33.5 Å². The number of ketones is 4. The molecule has 2 saturated heterocycles. The fourth-order valence-electron chi connectivity index (χ4n) is 13.3. The van der Waals surface area contributed by atoms with Gasteiger partial charge in [-0.15, -0.1) is 0 Å². The number of nitrogens with zero attached hydrogens (tertiary/aromatic N) is 1. The van der Waals surface area contributed by atoms with Crippen molar-refractivity contribution < 1.29 is 118 Å². The second-order valence-electron chi connectivity index (χ2n) is 25.7. The van der Waals surface area contributed by atoms with Crippen molar-refractivity contribution in [3.63, 3.8) is 0 Å². The van der Waals surface area contributed by atoms with Gasteiger partial charge < -0.3 is 103 Å². The first-order valence-electron chi connectivity index (χ1n) is 32.1. The van der Waals surface area contributed by atoms with Gasteiger partial charge in [0.05, 0.1) is 73.5 Å². The number of aromatic hydroxyl groups is 2. The van der Waals surface area contributed by atoms with E-state index < -0.39 is 229 Å². The minimum atomic E-state index is -2.49. The first-order chi connectivity index (χ1) is 45.4. The number of primary amides is 1. The van der Waals surface area contributed by atoms with Gasteiger partial charge in [0.15, 0.2) is 23.6 Å². The number of phenolic OH excluding ortho intramolecular Hbond substituents is 2. The number of nitrogens with two attached hydrogens (primary N) is 1. The van der Waals surface area contributed by atoms with Crippen molar-refractivity contribution in [1.29, 1.82) is 0 Å². The molecule has 32 heteroatoms. The average Bonchev–Trinajstić information content (AvgIpc) is 0.788. The minimum absolute atomic E-state index is 0.00904. The lowest BCUT2D eigenvalue weighted by Gasteiger charge is -2.43. The lowest BCUT2D eigenvalue weighted by atomic mass is 9.72. The highest BCUT2D eigenvalue weighted by atomic mass is 16.7. The number of carboxylic acid groups (broad SMARTS) is 1. The number of β-amino-alcohol motifs (C(OH)–C–C–N with tert-alkyl or cyclic N) is 1. The molecular weight excluding hydrogens is 1260 g/mol. The van der Waals surface area contributed by atoms with Crippen molar-refractivity contribution in [3.8, 4) is 17.2 Å². The molecule has 2 aromatic rings. The van der Waals surface area contributed by atoms with Crippen LogP contribution in [0, 0.1) is 11.8 Å². The zero-order chi connectivity index (χ0) is 70.8. The number of carbonyl (C=O) groups excluding carboxylic acids is 11. The van der Waals surface area contributed by atoms with Crippen LogP contribution in [0.2, 0.25) is 0 Å². The topological polar surface area (TPSA) is 516 Å². The SMILES string of the molecule is COc1cccc2c1C(=O)c1c(O)c3c(c(O)c1C2=O)C[C@@](O)(C(=O)CO)C[C@@H]3O[C@H]1CC(N[C@@H](CC(C)C)C(=O)N[C@@H](CO)C(=O)N[C@@H](CCC(N)=O)C(=O)NC(C(=O)N[C@@H](CO)C(=O)N[C@@H](C)C(=O)N2C[C@H](O)C[C@H]2C(=O)CCCC(=O)O)C2CCCCC2)[C@H](O)[C@H](C)O1. The number of rotatable bonds is 31. The van der Waals surface area contributed by atoms with E-state index in [0.29, 0.717) is 25.7 Å². The van der Waals surface area contributed by atoms with E-state index in [1.807, 2.05) is 0 Å². The van der Waals surface area contributed by atoms with E-state index in [1.54, 1.807) is 13.8 Å². The van der Waals surface area contributed by atoms with E-state index in [2.05, 4.69) is 31.9 Å². The van der Waals surface area contributed by atoms with Crippen LogP contribution in [0.4, 0.5) is 0 Å². The number of carbonyl (C=O) groups is 12. The molecule has 3 fully saturated rings. The molecule has 32 nitrogen and oxygen atoms in total. The molecule has 5 aliphatic rings. The van der Waals surface area contributed by atoms with Crippen LogP contribution < -0.4 is 42.4 Å². The number of aliphatic hydroxyl groups is 6. The van der Waals surface area contributed by atoms with Gasteiger partial charge >= 0.3 is 5.97 Å². The molecule has 96 heavy (non-hydrogen) atoms. The molecule has 2 aliphatic heterocycles. The highest BCUT2D eigenvalue weighted by Gasteiger charge is 2.51. The molecule has 7 amide bonds. The third kappa shape index (κ3) is 17.4. The monoisotopic (exact) mass is 1350 g/mol. The Morgan fingerprint density at radius 3 is 1.99 bits per heavy atom. The summed E-state index contributed by atoms with van der Waals surface area (Å²) in [5, 5.41) is 113. The number of ether oxygens (including phenoxy) is 3. The number of hydrogen-bond donors (Lipinski definition) is 16. The van der Waals surface area contributed by atoms with Gasteiger partial charge in [0, 0.05) is 74.2 Å². The molecule has 3 aliphatic carbocycles. The lowest BCUT2D eigenvalue weighted by molar-refractivity contribution is -0.250. The summed E-state index contributed by atoms with van der Waals surface area (Å²) in [6, 6.07) is -7.41. The van der Waals surface area contributed by atoms with Gasteiger partial charge in [-0.25, -0.2) is 0 Å². The van der Waals surface area contributed by atoms with Crippen LogP contribution in [0.1, 0.15) is 167 Å². The Morgan fingerprint density at radius 2 is 1.38 bits per heavy atom. The van der Waals surface area contributed by atoms with Crippen LogP contribution in [0.25, 0.3) is 0 Å². The average molecular weight is 1350 g/mol. The Labute approximate surface area is 551 Å². The largest absolute Gasteiger partial charge is 0.507 e. The van der Waals surface area contributed by atoms with Gasteiger partial charge in [-0.05, 0) is 63.9 Å². The number of methoxy groups -OCH3 is 1. The molecule has 0 bridgehead atoms. The minimum Gasteiger partial charge on any atom is -0.507 e. The summed E-state index contributed by atoms with van der Waals surface area (Å²) in [6.45, 7) is 2.69. The van der Waals surface area contributed by atoms with Crippen molar-refractivity contribution >= 4 is 70.5 Å². The number of likely N-dealkylation sites (tertiary alicyclic amines) is 1. The number of hydrogen-bond acceptors (Lipinski definition) is 24. The van der Waals surface area contributed by atoms with Crippen LogP contribution in [0.5, 0.6) is 17.2 Å². The number of nitrogens with one attached hydrogen (secondary N) is 6. The highest BCUT2D eigenvalue weighted by molar-refractivity contribution is 6.31. The van der Waals surface area contributed by atoms with Crippen LogP contribution in [-0.2, 0) is 63.8 Å². The fraction of sp³-hybridized carbons (Fsp3) is 0.625. The van der Waals surface area contributed by atoms with Gasteiger partial charge in [-0.3, -0.25) is 57.5 Å². The van der Waals surface area contributed by atoms with Crippen molar-refractivity contribution in [2.24, 2.45) is 17.6 Å². The van der Waals surface area contributed by atoms with E-state index in [0.717, 1.165) is 11.3 Å². The Hall–Kier alpha value is -8.08. The first-order valence-corrected chi connectivity index (χ1v) is 32.1. The summed E-state index contributed by atoms with van der Waals surface area (Å²) >= 11 is 0. The standard InChI is InChI=1S/C64H88N8O24/c1-28(2)19-37(67-36-21-47(95-30(4)53(36)82)96-43-23-64(93,44(78)27-75)22-34-49(43)57(86)51-50(55(34)84)54(83)33-13-9-15-42(94-5)48(33)56(51)85)59(88)69-39(26-74)61(90)68-35(17-18-45(65)79)58(87)71-52(31-11-7-6-8-12-31)62(91)70-38(25-73)60(89)66-29(3)63(92)72-24-32(76)20-40(72)41(77)14-10-16-46(80)81/h9,13,15,28-32,35-40,43,47,52-53,67,73-76,82,84,86,93H,6-8,10-12,14,16-27H2,1-5H3,(H2,65,79)(H,66,89)(H,68,90)(H,69,88)(H,70,91)(H,71,87)(H,80,81)/t29-,30-,32+,35-,36?,37-,38-,39-,40-,43-,47-,52?,53+,64-/m0/s1. The Bertz CT molecular complexity index is 3300. The van der Waals surface area contributed by atoms with Gasteiger partial charge in [0.25, 0.3) is 0 Å².